The van der Waals surface area contributed by atoms with Crippen molar-refractivity contribution in [2.45, 2.75) is 0 Å². The van der Waals surface area contributed by atoms with E-state index in [1.54, 1.807) is 56.7 Å². The second-order valence-corrected chi connectivity index (χ2v) is 5.89. The number of ether oxygens (including phenoxy) is 2. The molecule has 1 amide bonds. The predicted octanol–water partition coefficient (Wildman–Crippen LogP) is 3.41. The monoisotopic (exact) mass is 382 g/mol. The van der Waals surface area contributed by atoms with E-state index in [1.165, 1.54) is 0 Å². The molecule has 0 saturated heterocycles. The standard InChI is InChI=1S/C19H18N4O3S/c1-25-15-9-8-12(11-16(15)26-2)10-14(17-21-19(27)23-22-17)20-18(24)13-6-4-3-5-7-13/h3-11H,1-2H3,(H,20,24)(H2,21,22,23,27)/b14-10+. The number of nitrogens with zero attached hydrogens (tertiary/aromatic N) is 1. The van der Waals surface area contributed by atoms with Crippen molar-refractivity contribution in [2.75, 3.05) is 14.2 Å². The zero-order chi connectivity index (χ0) is 19.2. The Morgan fingerprint density at radius 1 is 1.07 bits per heavy atom. The molecule has 0 bridgehead atoms. The maximum atomic E-state index is 12.6. The molecule has 0 aliphatic carbocycles. The zero-order valence-electron chi connectivity index (χ0n) is 14.8. The van der Waals surface area contributed by atoms with Crippen LogP contribution in [0.1, 0.15) is 21.7 Å². The Morgan fingerprint density at radius 3 is 2.44 bits per heavy atom. The SMILES string of the molecule is COc1ccc(/C=C(/NC(=O)c2ccccc2)c2nc(=S)[nH][nH]2)cc1OC. The van der Waals surface area contributed by atoms with Gasteiger partial charge in [0, 0.05) is 5.56 Å². The molecule has 1 heterocycles. The molecule has 3 N–H and O–H groups in total. The average Bonchev–Trinajstić information content (AvgIpc) is 3.14. The molecule has 27 heavy (non-hydrogen) atoms. The molecule has 0 radical (unpaired) electrons. The van der Waals surface area contributed by atoms with Gasteiger partial charge in [0.2, 0.25) is 4.77 Å². The summed E-state index contributed by atoms with van der Waals surface area (Å²) in [7, 11) is 3.14. The van der Waals surface area contributed by atoms with Crippen LogP contribution >= 0.6 is 12.2 Å². The number of H-pyrrole nitrogens is 2. The van der Waals surface area contributed by atoms with Crippen molar-refractivity contribution in [1.29, 1.82) is 0 Å². The minimum atomic E-state index is -0.260. The quantitative estimate of drug-likeness (QED) is 0.568. The molecule has 0 saturated carbocycles. The van der Waals surface area contributed by atoms with E-state index >= 15 is 0 Å². The number of methoxy groups -OCH3 is 2. The van der Waals surface area contributed by atoms with E-state index in [-0.39, 0.29) is 10.7 Å². The maximum Gasteiger partial charge on any atom is 0.255 e. The molecule has 138 valence electrons. The fourth-order valence-corrected chi connectivity index (χ4v) is 2.60. The third-order valence-corrected chi connectivity index (χ3v) is 3.95. The van der Waals surface area contributed by atoms with Crippen molar-refractivity contribution in [2.24, 2.45) is 0 Å². The Hall–Kier alpha value is -3.39. The van der Waals surface area contributed by atoms with Crippen LogP contribution in [-0.2, 0) is 0 Å². The molecule has 0 unspecified atom stereocenters. The third-order valence-electron chi connectivity index (χ3n) is 3.76. The topological polar surface area (TPSA) is 92.0 Å². The van der Waals surface area contributed by atoms with Crippen molar-refractivity contribution in [3.63, 3.8) is 0 Å². The molecule has 8 heteroatoms. The molecule has 7 nitrogen and oxygen atoms in total. The lowest BCUT2D eigenvalue weighted by Crippen LogP contribution is -2.22. The van der Waals surface area contributed by atoms with Gasteiger partial charge < -0.3 is 14.8 Å². The Labute approximate surface area is 161 Å². The lowest BCUT2D eigenvalue weighted by molar-refractivity contribution is 0.0973. The van der Waals surface area contributed by atoms with Gasteiger partial charge in [0.15, 0.2) is 17.3 Å². The number of aromatic amines is 2. The fourth-order valence-electron chi connectivity index (χ4n) is 2.45. The van der Waals surface area contributed by atoms with Gasteiger partial charge >= 0.3 is 0 Å². The Balaban J connectivity index is 1.98. The maximum absolute atomic E-state index is 12.6. The normalized spacial score (nSPS) is 11.1. The van der Waals surface area contributed by atoms with Crippen LogP contribution in [0.4, 0.5) is 0 Å². The van der Waals surface area contributed by atoms with Crippen molar-refractivity contribution in [3.8, 4) is 11.5 Å². The largest absolute Gasteiger partial charge is 0.493 e. The molecule has 0 aliphatic heterocycles. The highest BCUT2D eigenvalue weighted by molar-refractivity contribution is 7.71. The molecule has 2 aromatic carbocycles. The molecule has 1 aromatic heterocycles. The molecule has 3 aromatic rings. The number of carbonyl (C=O) groups excluding carboxylic acids is 1. The van der Waals surface area contributed by atoms with E-state index in [0.29, 0.717) is 28.6 Å². The number of nitrogens with one attached hydrogen (secondary N) is 3. The van der Waals surface area contributed by atoms with Gasteiger partial charge in [-0.3, -0.25) is 15.0 Å². The first-order valence-corrected chi connectivity index (χ1v) is 8.46. The van der Waals surface area contributed by atoms with Crippen LogP contribution in [0.15, 0.2) is 48.5 Å². The Kier molecular flexibility index (Phi) is 5.68. The van der Waals surface area contributed by atoms with Crippen LogP contribution < -0.4 is 14.8 Å². The summed E-state index contributed by atoms with van der Waals surface area (Å²) in [5.41, 5.74) is 1.78. The Morgan fingerprint density at radius 2 is 1.81 bits per heavy atom. The lowest BCUT2D eigenvalue weighted by atomic mass is 10.1. The van der Waals surface area contributed by atoms with E-state index < -0.39 is 0 Å². The first-order chi connectivity index (χ1) is 13.1. The van der Waals surface area contributed by atoms with E-state index in [2.05, 4.69) is 20.5 Å². The number of hydrogen-bond acceptors (Lipinski definition) is 5. The minimum absolute atomic E-state index is 0.260. The lowest BCUT2D eigenvalue weighted by Gasteiger charge is -2.10. The van der Waals surface area contributed by atoms with Gasteiger partial charge in [-0.25, -0.2) is 0 Å². The first-order valence-electron chi connectivity index (χ1n) is 8.06. The van der Waals surface area contributed by atoms with Crippen LogP contribution in [0.3, 0.4) is 0 Å². The molecule has 3 rings (SSSR count). The molecule has 0 spiro atoms. The van der Waals surface area contributed by atoms with Gasteiger partial charge in [0.05, 0.1) is 19.9 Å². The van der Waals surface area contributed by atoms with Gasteiger partial charge in [-0.2, -0.15) is 4.98 Å². The fraction of sp³-hybridized carbons (Fsp3) is 0.105. The summed E-state index contributed by atoms with van der Waals surface area (Å²) in [6.45, 7) is 0. The summed E-state index contributed by atoms with van der Waals surface area (Å²) in [5, 5.41) is 8.45. The number of amides is 1. The van der Waals surface area contributed by atoms with Gasteiger partial charge in [-0.15, -0.1) is 0 Å². The molecule has 0 fully saturated rings. The number of benzene rings is 2. The van der Waals surface area contributed by atoms with E-state index in [9.17, 15) is 4.79 Å². The van der Waals surface area contributed by atoms with Crippen molar-refractivity contribution < 1.29 is 14.3 Å². The number of aromatic nitrogens is 3. The van der Waals surface area contributed by atoms with Crippen LogP contribution in [-0.4, -0.2) is 35.3 Å². The minimum Gasteiger partial charge on any atom is -0.493 e. The summed E-state index contributed by atoms with van der Waals surface area (Å²) >= 11 is 5.02. The summed E-state index contributed by atoms with van der Waals surface area (Å²) in [5.74, 6) is 1.35. The van der Waals surface area contributed by atoms with Crippen LogP contribution in [0.5, 0.6) is 11.5 Å². The summed E-state index contributed by atoms with van der Waals surface area (Å²) in [6.07, 6.45) is 1.77. The van der Waals surface area contributed by atoms with Crippen molar-refractivity contribution >= 4 is 29.9 Å². The summed E-state index contributed by atoms with van der Waals surface area (Å²) in [6, 6.07) is 14.3. The van der Waals surface area contributed by atoms with Gasteiger partial charge in [-0.1, -0.05) is 24.3 Å². The van der Waals surface area contributed by atoms with Crippen LogP contribution in [0.25, 0.3) is 11.8 Å². The van der Waals surface area contributed by atoms with Gasteiger partial charge in [0.1, 0.15) is 0 Å². The van der Waals surface area contributed by atoms with E-state index in [4.69, 9.17) is 21.7 Å². The average molecular weight is 382 g/mol. The third kappa shape index (κ3) is 4.42. The summed E-state index contributed by atoms with van der Waals surface area (Å²) in [4.78, 5) is 16.8. The smallest absolute Gasteiger partial charge is 0.255 e. The highest BCUT2D eigenvalue weighted by atomic mass is 32.1. The second kappa shape index (κ2) is 8.33. The van der Waals surface area contributed by atoms with E-state index in [0.717, 1.165) is 5.56 Å². The van der Waals surface area contributed by atoms with Crippen LogP contribution in [0, 0.1) is 4.77 Å². The molecule has 0 atom stereocenters. The molecular weight excluding hydrogens is 364 g/mol. The molecular formula is C19H18N4O3S. The number of carbonyl (C=O) groups is 1. The van der Waals surface area contributed by atoms with Crippen molar-refractivity contribution in [1.82, 2.24) is 20.5 Å². The second-order valence-electron chi connectivity index (χ2n) is 5.51. The predicted molar refractivity (Wildman–Crippen MR) is 105 cm³/mol. The van der Waals surface area contributed by atoms with Gasteiger partial charge in [-0.05, 0) is 48.1 Å². The molecule has 0 aliphatic rings. The van der Waals surface area contributed by atoms with Crippen molar-refractivity contribution in [3.05, 3.63) is 70.3 Å². The Bertz CT molecular complexity index is 1020. The number of hydrogen-bond donors (Lipinski definition) is 3. The highest BCUT2D eigenvalue weighted by Gasteiger charge is 2.13. The number of rotatable bonds is 6. The highest BCUT2D eigenvalue weighted by Crippen LogP contribution is 2.28. The summed E-state index contributed by atoms with van der Waals surface area (Å²) < 4.78 is 10.9. The van der Waals surface area contributed by atoms with Crippen LogP contribution in [0.2, 0.25) is 0 Å². The van der Waals surface area contributed by atoms with E-state index in [1.807, 2.05) is 12.1 Å². The van der Waals surface area contributed by atoms with Gasteiger partial charge in [0.25, 0.3) is 5.91 Å². The zero-order valence-corrected chi connectivity index (χ0v) is 15.6. The first kappa shape index (κ1) is 18.4.